The minimum atomic E-state index is 0.400. The van der Waals surface area contributed by atoms with Gasteiger partial charge in [0.15, 0.2) is 5.82 Å². The van der Waals surface area contributed by atoms with Gasteiger partial charge in [-0.05, 0) is 38.1 Å². The summed E-state index contributed by atoms with van der Waals surface area (Å²) in [6.07, 6.45) is 13.3. The van der Waals surface area contributed by atoms with E-state index in [2.05, 4.69) is 30.2 Å². The van der Waals surface area contributed by atoms with Gasteiger partial charge >= 0.3 is 0 Å². The third kappa shape index (κ3) is 4.34. The summed E-state index contributed by atoms with van der Waals surface area (Å²) < 4.78 is 5.50. The van der Waals surface area contributed by atoms with Gasteiger partial charge in [0.05, 0.1) is 11.9 Å². The maximum Gasteiger partial charge on any atom is 0.153 e. The van der Waals surface area contributed by atoms with Crippen molar-refractivity contribution >= 4 is 11.6 Å². The lowest BCUT2D eigenvalue weighted by Crippen LogP contribution is -2.39. The van der Waals surface area contributed by atoms with E-state index in [0.29, 0.717) is 11.7 Å². The van der Waals surface area contributed by atoms with E-state index in [1.54, 1.807) is 31.0 Å². The molecule has 4 rings (SSSR count). The highest BCUT2D eigenvalue weighted by molar-refractivity contribution is 5.53. The monoisotopic (exact) mass is 354 g/mol. The number of anilines is 2. The first-order valence-electron chi connectivity index (χ1n) is 9.52. The Balaban J connectivity index is 1.44. The number of nitrogens with one attached hydrogen (secondary N) is 1. The van der Waals surface area contributed by atoms with Crippen molar-refractivity contribution in [1.82, 2.24) is 24.8 Å². The average molecular weight is 354 g/mol. The second kappa shape index (κ2) is 8.51. The van der Waals surface area contributed by atoms with Gasteiger partial charge in [-0.1, -0.05) is 0 Å². The fourth-order valence-corrected chi connectivity index (χ4v) is 3.97. The molecule has 0 unspecified atom stereocenters. The van der Waals surface area contributed by atoms with Crippen molar-refractivity contribution in [1.29, 1.82) is 0 Å². The Morgan fingerprint density at radius 3 is 2.73 bits per heavy atom. The second-order valence-electron chi connectivity index (χ2n) is 7.16. The van der Waals surface area contributed by atoms with E-state index >= 15 is 0 Å². The van der Waals surface area contributed by atoms with Gasteiger partial charge < -0.3 is 15.0 Å². The Hall–Kier alpha value is -2.12. The standard InChI is InChI=1S/C19H26N6O/c1-2-16(14-25(9-1)13-15-3-10-26-11-4-15)18-19(23-8-7-22-18)24-17-12-20-5-6-21-17/h5-8,12,15-16H,1-4,9-11,13-14H2,(H,21,23,24)/t16-/m0/s1. The molecule has 7 heteroatoms. The number of likely N-dealkylation sites (tertiary alicyclic amines) is 1. The van der Waals surface area contributed by atoms with E-state index in [1.165, 1.54) is 32.4 Å². The van der Waals surface area contributed by atoms with Crippen molar-refractivity contribution < 1.29 is 4.74 Å². The molecule has 0 bridgehead atoms. The third-order valence-electron chi connectivity index (χ3n) is 5.29. The molecule has 0 saturated carbocycles. The van der Waals surface area contributed by atoms with Gasteiger partial charge in [-0.15, -0.1) is 0 Å². The van der Waals surface area contributed by atoms with Crippen LogP contribution in [0.15, 0.2) is 31.0 Å². The zero-order chi connectivity index (χ0) is 17.6. The molecule has 1 atom stereocenters. The van der Waals surface area contributed by atoms with Crippen LogP contribution in [-0.4, -0.2) is 57.7 Å². The quantitative estimate of drug-likeness (QED) is 0.884. The minimum absolute atomic E-state index is 0.400. The third-order valence-corrected chi connectivity index (χ3v) is 5.29. The molecular weight excluding hydrogens is 328 g/mol. The number of rotatable bonds is 5. The molecule has 7 nitrogen and oxygen atoms in total. The summed E-state index contributed by atoms with van der Waals surface area (Å²) in [5, 5.41) is 3.28. The van der Waals surface area contributed by atoms with Crippen LogP contribution in [0.4, 0.5) is 11.6 Å². The van der Waals surface area contributed by atoms with Crippen LogP contribution >= 0.6 is 0 Å². The molecule has 2 aromatic heterocycles. The van der Waals surface area contributed by atoms with Gasteiger partial charge in [-0.2, -0.15) is 0 Å². The van der Waals surface area contributed by atoms with Gasteiger partial charge in [0.25, 0.3) is 0 Å². The SMILES string of the molecule is c1cnc(Nc2nccnc2[C@H]2CCCN(CC3CCOCC3)C2)cn1. The van der Waals surface area contributed by atoms with E-state index in [9.17, 15) is 0 Å². The summed E-state index contributed by atoms with van der Waals surface area (Å²) in [5.74, 6) is 2.66. The lowest BCUT2D eigenvalue weighted by Gasteiger charge is -2.36. The summed E-state index contributed by atoms with van der Waals surface area (Å²) in [6, 6.07) is 0. The number of hydrogen-bond donors (Lipinski definition) is 1. The summed E-state index contributed by atoms with van der Waals surface area (Å²) >= 11 is 0. The average Bonchev–Trinajstić information content (AvgIpc) is 2.70. The van der Waals surface area contributed by atoms with Crippen LogP contribution in [0.5, 0.6) is 0 Å². The van der Waals surface area contributed by atoms with Crippen LogP contribution in [0, 0.1) is 5.92 Å². The van der Waals surface area contributed by atoms with E-state index in [-0.39, 0.29) is 0 Å². The molecule has 2 saturated heterocycles. The first-order chi connectivity index (χ1) is 12.9. The molecule has 2 aliphatic heterocycles. The van der Waals surface area contributed by atoms with Crippen molar-refractivity contribution in [2.24, 2.45) is 5.92 Å². The maximum atomic E-state index is 5.50. The lowest BCUT2D eigenvalue weighted by atomic mass is 9.92. The van der Waals surface area contributed by atoms with Crippen molar-refractivity contribution in [3.05, 3.63) is 36.7 Å². The fourth-order valence-electron chi connectivity index (χ4n) is 3.97. The Kier molecular flexibility index (Phi) is 5.66. The van der Waals surface area contributed by atoms with E-state index < -0.39 is 0 Å². The lowest BCUT2D eigenvalue weighted by molar-refractivity contribution is 0.0482. The van der Waals surface area contributed by atoms with Crippen LogP contribution in [-0.2, 0) is 4.74 Å². The molecule has 4 heterocycles. The highest BCUT2D eigenvalue weighted by Crippen LogP contribution is 2.31. The van der Waals surface area contributed by atoms with Gasteiger partial charge in [-0.3, -0.25) is 9.97 Å². The predicted molar refractivity (Wildman–Crippen MR) is 99.3 cm³/mol. The summed E-state index contributed by atoms with van der Waals surface area (Å²) in [6.45, 7) is 5.23. The molecule has 2 fully saturated rings. The number of ether oxygens (including phenoxy) is 1. The van der Waals surface area contributed by atoms with Crippen molar-refractivity contribution in [2.45, 2.75) is 31.6 Å². The summed E-state index contributed by atoms with van der Waals surface area (Å²) in [7, 11) is 0. The molecule has 138 valence electrons. The maximum absolute atomic E-state index is 5.50. The van der Waals surface area contributed by atoms with Crippen molar-refractivity contribution in [3.63, 3.8) is 0 Å². The molecule has 0 amide bonds. The van der Waals surface area contributed by atoms with Gasteiger partial charge in [-0.25, -0.2) is 9.97 Å². The summed E-state index contributed by atoms with van der Waals surface area (Å²) in [4.78, 5) is 20.2. The fraction of sp³-hybridized carbons (Fsp3) is 0.579. The number of piperidine rings is 1. The zero-order valence-corrected chi connectivity index (χ0v) is 15.0. The van der Waals surface area contributed by atoms with Gasteiger partial charge in [0.1, 0.15) is 5.82 Å². The van der Waals surface area contributed by atoms with Crippen molar-refractivity contribution in [3.8, 4) is 0 Å². The normalized spacial score (nSPS) is 22.2. The van der Waals surface area contributed by atoms with Crippen LogP contribution < -0.4 is 5.32 Å². The predicted octanol–water partition coefficient (Wildman–Crippen LogP) is 2.62. The molecule has 0 aromatic carbocycles. The number of aromatic nitrogens is 4. The Bertz CT molecular complexity index is 691. The highest BCUT2D eigenvalue weighted by atomic mass is 16.5. The summed E-state index contributed by atoms with van der Waals surface area (Å²) in [5.41, 5.74) is 1.04. The smallest absolute Gasteiger partial charge is 0.153 e. The Labute approximate surface area is 154 Å². The molecule has 2 aromatic rings. The van der Waals surface area contributed by atoms with Crippen LogP contribution in [0.2, 0.25) is 0 Å². The van der Waals surface area contributed by atoms with Crippen LogP contribution in [0.3, 0.4) is 0 Å². The molecule has 0 aliphatic carbocycles. The first-order valence-corrected chi connectivity index (χ1v) is 9.52. The minimum Gasteiger partial charge on any atom is -0.381 e. The van der Waals surface area contributed by atoms with E-state index in [4.69, 9.17) is 4.74 Å². The van der Waals surface area contributed by atoms with E-state index in [1.807, 2.05) is 0 Å². The number of nitrogens with zero attached hydrogens (tertiary/aromatic N) is 5. The largest absolute Gasteiger partial charge is 0.381 e. The van der Waals surface area contributed by atoms with Gasteiger partial charge in [0.2, 0.25) is 0 Å². The first kappa shape index (κ1) is 17.3. The molecule has 2 aliphatic rings. The van der Waals surface area contributed by atoms with E-state index in [0.717, 1.165) is 43.6 Å². The zero-order valence-electron chi connectivity index (χ0n) is 15.0. The Morgan fingerprint density at radius 2 is 1.88 bits per heavy atom. The second-order valence-corrected chi connectivity index (χ2v) is 7.16. The molecular formula is C19H26N6O. The molecule has 0 spiro atoms. The van der Waals surface area contributed by atoms with Gasteiger partial charge in [0, 0.05) is 57.0 Å². The number of hydrogen-bond acceptors (Lipinski definition) is 7. The molecule has 1 N–H and O–H groups in total. The molecule has 0 radical (unpaired) electrons. The highest BCUT2D eigenvalue weighted by Gasteiger charge is 2.27. The van der Waals surface area contributed by atoms with Crippen molar-refractivity contribution in [2.75, 3.05) is 38.2 Å². The molecule has 26 heavy (non-hydrogen) atoms. The topological polar surface area (TPSA) is 76.1 Å². The Morgan fingerprint density at radius 1 is 1.04 bits per heavy atom. The van der Waals surface area contributed by atoms with Crippen LogP contribution in [0.25, 0.3) is 0 Å². The van der Waals surface area contributed by atoms with Crippen LogP contribution in [0.1, 0.15) is 37.3 Å².